The van der Waals surface area contributed by atoms with Crippen molar-refractivity contribution in [1.82, 2.24) is 0 Å². The number of hydrogen-bond donors (Lipinski definition) is 1. The van der Waals surface area contributed by atoms with Crippen LogP contribution in [-0.2, 0) is 19.1 Å². The summed E-state index contributed by atoms with van der Waals surface area (Å²) < 4.78 is 9.67. The number of aliphatic hydroxyl groups excluding tert-OH is 1. The van der Waals surface area contributed by atoms with Crippen LogP contribution in [0.15, 0.2) is 0 Å². The summed E-state index contributed by atoms with van der Waals surface area (Å²) in [6.07, 6.45) is -0.845. The lowest BCUT2D eigenvalue weighted by Gasteiger charge is -2.24. The van der Waals surface area contributed by atoms with Crippen molar-refractivity contribution in [3.05, 3.63) is 0 Å². The molecule has 0 radical (unpaired) electrons. The summed E-state index contributed by atoms with van der Waals surface area (Å²) >= 11 is 0. The topological polar surface area (TPSA) is 72.8 Å². The Morgan fingerprint density at radius 3 is 2.43 bits per heavy atom. The maximum Gasteiger partial charge on any atom is 0.303 e. The van der Waals surface area contributed by atoms with E-state index in [9.17, 15) is 9.59 Å². The molecule has 0 aliphatic heterocycles. The van der Waals surface area contributed by atoms with E-state index < -0.39 is 18.2 Å². The molecule has 0 rings (SSSR count). The second-order valence-electron chi connectivity index (χ2n) is 3.03. The summed E-state index contributed by atoms with van der Waals surface area (Å²) in [5, 5.41) is 8.89. The van der Waals surface area contributed by atoms with Crippen molar-refractivity contribution in [2.75, 3.05) is 13.7 Å². The SMILES string of the molecule is CO[C@@H](CO)[C@@H](C)[C@@H](C=O)OC(C)=O. The predicted octanol–water partition coefficient (Wildman–Crippen LogP) is -0.240. The Hall–Kier alpha value is -0.940. The first-order valence-corrected chi connectivity index (χ1v) is 4.33. The van der Waals surface area contributed by atoms with E-state index in [4.69, 9.17) is 14.6 Å². The summed E-state index contributed by atoms with van der Waals surface area (Å²) in [5.41, 5.74) is 0. The monoisotopic (exact) mass is 204 g/mol. The molecule has 82 valence electrons. The molecular weight excluding hydrogens is 188 g/mol. The van der Waals surface area contributed by atoms with Gasteiger partial charge < -0.3 is 14.6 Å². The molecule has 5 heteroatoms. The van der Waals surface area contributed by atoms with Crippen molar-refractivity contribution in [3.63, 3.8) is 0 Å². The number of aldehydes is 1. The highest BCUT2D eigenvalue weighted by atomic mass is 16.5. The van der Waals surface area contributed by atoms with E-state index in [1.807, 2.05) is 0 Å². The van der Waals surface area contributed by atoms with Crippen LogP contribution in [0, 0.1) is 5.92 Å². The van der Waals surface area contributed by atoms with Crippen LogP contribution >= 0.6 is 0 Å². The number of carbonyl (C=O) groups is 2. The molecule has 0 spiro atoms. The number of esters is 1. The quantitative estimate of drug-likeness (QED) is 0.477. The number of aliphatic hydroxyl groups is 1. The van der Waals surface area contributed by atoms with Gasteiger partial charge in [-0.1, -0.05) is 6.92 Å². The molecule has 3 atom stereocenters. The molecule has 1 N–H and O–H groups in total. The minimum absolute atomic E-state index is 0.219. The van der Waals surface area contributed by atoms with Crippen LogP contribution < -0.4 is 0 Å². The number of hydrogen-bond acceptors (Lipinski definition) is 5. The van der Waals surface area contributed by atoms with Crippen molar-refractivity contribution in [2.24, 2.45) is 5.92 Å². The van der Waals surface area contributed by atoms with Gasteiger partial charge in [0.15, 0.2) is 12.4 Å². The Bertz CT molecular complexity index is 188. The molecular formula is C9H16O5. The van der Waals surface area contributed by atoms with Crippen LogP contribution in [0.4, 0.5) is 0 Å². The van der Waals surface area contributed by atoms with E-state index in [0.29, 0.717) is 6.29 Å². The fraction of sp³-hybridized carbons (Fsp3) is 0.778. The van der Waals surface area contributed by atoms with E-state index in [2.05, 4.69) is 0 Å². The van der Waals surface area contributed by atoms with Gasteiger partial charge in [-0.25, -0.2) is 0 Å². The van der Waals surface area contributed by atoms with Gasteiger partial charge in [0.1, 0.15) is 0 Å². The molecule has 0 saturated carbocycles. The van der Waals surface area contributed by atoms with Gasteiger partial charge in [-0.3, -0.25) is 9.59 Å². The first-order chi connectivity index (χ1) is 6.56. The molecule has 0 saturated heterocycles. The molecule has 0 unspecified atom stereocenters. The summed E-state index contributed by atoms with van der Waals surface area (Å²) in [4.78, 5) is 21.2. The highest BCUT2D eigenvalue weighted by Gasteiger charge is 2.27. The van der Waals surface area contributed by atoms with E-state index in [-0.39, 0.29) is 12.5 Å². The lowest BCUT2D eigenvalue weighted by Crippen LogP contribution is -2.37. The van der Waals surface area contributed by atoms with Gasteiger partial charge >= 0.3 is 5.97 Å². The van der Waals surface area contributed by atoms with Gasteiger partial charge in [0.2, 0.25) is 0 Å². The Balaban J connectivity index is 4.34. The predicted molar refractivity (Wildman–Crippen MR) is 48.7 cm³/mol. The van der Waals surface area contributed by atoms with E-state index in [0.717, 1.165) is 0 Å². The second kappa shape index (κ2) is 6.50. The molecule has 0 aromatic heterocycles. The van der Waals surface area contributed by atoms with E-state index in [1.54, 1.807) is 6.92 Å². The molecule has 14 heavy (non-hydrogen) atoms. The number of rotatable bonds is 6. The molecule has 0 bridgehead atoms. The standard InChI is InChI=1S/C9H16O5/c1-6(8(4-10)13-3)9(5-11)14-7(2)12/h5-6,8-10H,4H2,1-3H3/t6-,8+,9-/m1/s1. The summed E-state index contributed by atoms with van der Waals surface area (Å²) in [7, 11) is 1.42. The van der Waals surface area contributed by atoms with Crippen LogP contribution in [0.3, 0.4) is 0 Å². The zero-order chi connectivity index (χ0) is 11.1. The third-order valence-electron chi connectivity index (χ3n) is 2.02. The van der Waals surface area contributed by atoms with Crippen LogP contribution in [0.2, 0.25) is 0 Å². The lowest BCUT2D eigenvalue weighted by atomic mass is 9.99. The Morgan fingerprint density at radius 2 is 2.14 bits per heavy atom. The Kier molecular flexibility index (Phi) is 6.07. The molecule has 0 aromatic carbocycles. The van der Waals surface area contributed by atoms with Crippen LogP contribution in [-0.4, -0.2) is 43.3 Å². The minimum Gasteiger partial charge on any atom is -0.454 e. The molecule has 0 fully saturated rings. The van der Waals surface area contributed by atoms with Gasteiger partial charge in [0.25, 0.3) is 0 Å². The molecule has 0 amide bonds. The lowest BCUT2D eigenvalue weighted by molar-refractivity contribution is -0.155. The van der Waals surface area contributed by atoms with Crippen molar-refractivity contribution < 1.29 is 24.2 Å². The van der Waals surface area contributed by atoms with Crippen LogP contribution in [0.25, 0.3) is 0 Å². The fourth-order valence-corrected chi connectivity index (χ4v) is 1.12. The molecule has 0 aromatic rings. The fourth-order valence-electron chi connectivity index (χ4n) is 1.12. The normalized spacial score (nSPS) is 16.9. The molecule has 0 aliphatic carbocycles. The smallest absolute Gasteiger partial charge is 0.303 e. The van der Waals surface area contributed by atoms with Crippen molar-refractivity contribution in [2.45, 2.75) is 26.1 Å². The molecule has 5 nitrogen and oxygen atoms in total. The average Bonchev–Trinajstić information content (AvgIpc) is 2.15. The molecule has 0 heterocycles. The number of ether oxygens (including phenoxy) is 2. The maximum atomic E-state index is 10.6. The summed E-state index contributed by atoms with van der Waals surface area (Å²) in [5.74, 6) is -0.895. The van der Waals surface area contributed by atoms with E-state index in [1.165, 1.54) is 14.0 Å². The third kappa shape index (κ3) is 3.85. The van der Waals surface area contributed by atoms with Gasteiger partial charge in [-0.2, -0.15) is 0 Å². The summed E-state index contributed by atoms with van der Waals surface area (Å²) in [6.45, 7) is 2.68. The van der Waals surface area contributed by atoms with Gasteiger partial charge in [-0.15, -0.1) is 0 Å². The number of carbonyl (C=O) groups excluding carboxylic acids is 2. The van der Waals surface area contributed by atoms with Gasteiger partial charge in [0.05, 0.1) is 12.7 Å². The first kappa shape index (κ1) is 13.1. The van der Waals surface area contributed by atoms with Gasteiger partial charge in [-0.05, 0) is 0 Å². The largest absolute Gasteiger partial charge is 0.454 e. The van der Waals surface area contributed by atoms with Crippen molar-refractivity contribution in [1.29, 1.82) is 0 Å². The van der Waals surface area contributed by atoms with E-state index >= 15 is 0 Å². The van der Waals surface area contributed by atoms with Crippen molar-refractivity contribution >= 4 is 12.3 Å². The number of methoxy groups -OCH3 is 1. The molecule has 0 aliphatic rings. The minimum atomic E-state index is -0.871. The average molecular weight is 204 g/mol. The second-order valence-corrected chi connectivity index (χ2v) is 3.03. The van der Waals surface area contributed by atoms with Crippen molar-refractivity contribution in [3.8, 4) is 0 Å². The van der Waals surface area contributed by atoms with Gasteiger partial charge in [0, 0.05) is 20.0 Å². The van der Waals surface area contributed by atoms with Crippen LogP contribution in [0.5, 0.6) is 0 Å². The van der Waals surface area contributed by atoms with Crippen LogP contribution in [0.1, 0.15) is 13.8 Å². The highest BCUT2D eigenvalue weighted by molar-refractivity contribution is 5.70. The third-order valence-corrected chi connectivity index (χ3v) is 2.02. The zero-order valence-electron chi connectivity index (χ0n) is 8.60. The first-order valence-electron chi connectivity index (χ1n) is 4.33. The maximum absolute atomic E-state index is 10.6. The Labute approximate surface area is 83.0 Å². The Morgan fingerprint density at radius 1 is 1.57 bits per heavy atom. The zero-order valence-corrected chi connectivity index (χ0v) is 8.60. The highest BCUT2D eigenvalue weighted by Crippen LogP contribution is 2.13. The summed E-state index contributed by atoms with van der Waals surface area (Å²) in [6, 6.07) is 0.